The quantitative estimate of drug-likeness (QED) is 0.601. The largest absolute Gasteiger partial charge is 0.399 e. The Morgan fingerprint density at radius 3 is 2.73 bits per heavy atom. The number of hydrogen-bond donors (Lipinski definition) is 3. The molecule has 0 aliphatic carbocycles. The van der Waals surface area contributed by atoms with Crippen molar-refractivity contribution >= 4 is 31.9 Å². The molecule has 2 rings (SSSR count). The van der Waals surface area contributed by atoms with Gasteiger partial charge < -0.3 is 5.73 Å². The number of aromatic nitrogens is 2. The zero-order valence-corrected chi connectivity index (χ0v) is 8.97. The number of nitrogens with two attached hydrogens (primary N) is 2. The number of rotatable bonds is 1. The molecule has 80 valence electrons. The van der Waals surface area contributed by atoms with Crippen molar-refractivity contribution in [2.75, 3.05) is 5.73 Å². The highest BCUT2D eigenvalue weighted by Crippen LogP contribution is 2.17. The zero-order valence-electron chi connectivity index (χ0n) is 7.34. The van der Waals surface area contributed by atoms with Crippen molar-refractivity contribution in [1.82, 2.24) is 9.61 Å². The molecule has 2 aromatic heterocycles. The lowest BCUT2D eigenvalue weighted by Gasteiger charge is -1.93. The van der Waals surface area contributed by atoms with Gasteiger partial charge in [-0.1, -0.05) is 11.3 Å². The molecule has 0 unspecified atom stereocenters. The Balaban J connectivity index is 2.89. The lowest BCUT2D eigenvalue weighted by atomic mass is 10.4. The fraction of sp³-hybridized carbons (Fsp3) is 0. The number of nitrogens with zero attached hydrogens (tertiary/aromatic N) is 2. The van der Waals surface area contributed by atoms with E-state index in [1.165, 1.54) is 16.6 Å². The van der Waals surface area contributed by atoms with E-state index in [0.717, 1.165) is 11.3 Å². The predicted octanol–water partition coefficient (Wildman–Crippen LogP) is -0.895. The molecule has 5 N–H and O–H groups in total. The molecular formula is C6H7N5O2S2. The molecule has 0 spiro atoms. The number of nitrogens with one attached hydrogen (secondary N) is 1. The van der Waals surface area contributed by atoms with Crippen molar-refractivity contribution in [2.24, 2.45) is 5.14 Å². The minimum absolute atomic E-state index is 0.0103. The third kappa shape index (κ3) is 1.71. The van der Waals surface area contributed by atoms with E-state index in [4.69, 9.17) is 16.3 Å². The second-order valence-corrected chi connectivity index (χ2v) is 5.58. The van der Waals surface area contributed by atoms with Gasteiger partial charge in [-0.05, 0) is 6.07 Å². The SMILES string of the molecule is N=c1cc(N)cc2sc(S(N)(=O)=O)nn12. The van der Waals surface area contributed by atoms with Gasteiger partial charge in [0.1, 0.15) is 10.3 Å². The maximum absolute atomic E-state index is 11.0. The van der Waals surface area contributed by atoms with Gasteiger partial charge in [0.05, 0.1) is 0 Å². The van der Waals surface area contributed by atoms with E-state index in [9.17, 15) is 8.42 Å². The zero-order chi connectivity index (χ0) is 11.2. The summed E-state index contributed by atoms with van der Waals surface area (Å²) in [4.78, 5) is 0.462. The summed E-state index contributed by atoms with van der Waals surface area (Å²) in [5, 5.41) is 16.1. The molecule has 0 fully saturated rings. The number of nitrogen functional groups attached to an aromatic ring is 1. The topological polar surface area (TPSA) is 127 Å². The number of primary sulfonamides is 1. The minimum Gasteiger partial charge on any atom is -0.399 e. The molecule has 0 aliphatic heterocycles. The third-order valence-corrected chi connectivity index (χ3v) is 3.92. The van der Waals surface area contributed by atoms with E-state index >= 15 is 0 Å². The molecule has 15 heavy (non-hydrogen) atoms. The maximum atomic E-state index is 11.0. The van der Waals surface area contributed by atoms with Gasteiger partial charge in [-0.2, -0.15) is 0 Å². The Hall–Kier alpha value is -1.45. The molecule has 9 heteroatoms. The Bertz CT molecular complexity index is 683. The standard InChI is InChI=1S/C6H7N5O2S2/c7-3-1-4(8)11-5(2-3)14-6(10-11)15(9,12)13/h1-2,8H,7H2,(H2,9,12,13). The summed E-state index contributed by atoms with van der Waals surface area (Å²) >= 11 is 0.871. The predicted molar refractivity (Wildman–Crippen MR) is 54.7 cm³/mol. The molecule has 0 bridgehead atoms. The van der Waals surface area contributed by atoms with Gasteiger partial charge in [-0.15, -0.1) is 5.10 Å². The van der Waals surface area contributed by atoms with Gasteiger partial charge in [0.2, 0.25) is 4.34 Å². The smallest absolute Gasteiger partial charge is 0.267 e. The maximum Gasteiger partial charge on any atom is 0.267 e. The van der Waals surface area contributed by atoms with Gasteiger partial charge in [0.25, 0.3) is 10.0 Å². The van der Waals surface area contributed by atoms with Crippen LogP contribution in [0.5, 0.6) is 0 Å². The molecule has 0 aromatic carbocycles. The van der Waals surface area contributed by atoms with Crippen molar-refractivity contribution < 1.29 is 8.42 Å². The number of hydrogen-bond acceptors (Lipinski definition) is 6. The van der Waals surface area contributed by atoms with Crippen LogP contribution in [0.15, 0.2) is 16.5 Å². The van der Waals surface area contributed by atoms with Gasteiger partial charge in [0, 0.05) is 11.8 Å². The van der Waals surface area contributed by atoms with Crippen molar-refractivity contribution in [3.8, 4) is 0 Å². The summed E-state index contributed by atoms with van der Waals surface area (Å²) in [6, 6.07) is 2.91. The molecule has 7 nitrogen and oxygen atoms in total. The van der Waals surface area contributed by atoms with Crippen molar-refractivity contribution in [1.29, 1.82) is 5.41 Å². The number of pyridine rings is 1. The van der Waals surface area contributed by atoms with Gasteiger partial charge in [0.15, 0.2) is 0 Å². The number of fused-ring (bicyclic) bond motifs is 1. The summed E-state index contributed by atoms with van der Waals surface area (Å²) in [6.07, 6.45) is 0. The Labute approximate surface area is 88.5 Å². The monoisotopic (exact) mass is 245 g/mol. The first-order chi connectivity index (χ1) is 6.88. The Morgan fingerprint density at radius 1 is 1.47 bits per heavy atom. The first-order valence-electron chi connectivity index (χ1n) is 3.75. The van der Waals surface area contributed by atoms with Crippen LogP contribution in [0.2, 0.25) is 0 Å². The third-order valence-electron chi connectivity index (χ3n) is 1.65. The van der Waals surface area contributed by atoms with Crippen LogP contribution in [0, 0.1) is 5.41 Å². The summed E-state index contributed by atoms with van der Waals surface area (Å²) in [6.45, 7) is 0. The number of anilines is 1. The molecule has 0 aliphatic rings. The molecule has 2 heterocycles. The average molecular weight is 245 g/mol. The van der Waals surface area contributed by atoms with E-state index in [0.29, 0.717) is 10.5 Å². The highest BCUT2D eigenvalue weighted by molar-refractivity contribution is 7.91. The normalized spacial score (nSPS) is 12.1. The van der Waals surface area contributed by atoms with Crippen LogP contribution in [0.25, 0.3) is 4.83 Å². The summed E-state index contributed by atoms with van der Waals surface area (Å²) in [7, 11) is -3.83. The van der Waals surface area contributed by atoms with Crippen LogP contribution < -0.4 is 16.4 Å². The summed E-state index contributed by atoms with van der Waals surface area (Å²) < 4.78 is 23.0. The van der Waals surface area contributed by atoms with Crippen LogP contribution >= 0.6 is 11.3 Å². The lowest BCUT2D eigenvalue weighted by Crippen LogP contribution is -2.16. The van der Waals surface area contributed by atoms with Crippen LogP contribution in [-0.4, -0.2) is 18.0 Å². The highest BCUT2D eigenvalue weighted by atomic mass is 32.2. The van der Waals surface area contributed by atoms with Crippen LogP contribution in [0.1, 0.15) is 0 Å². The molecule has 2 aromatic rings. The minimum atomic E-state index is -3.83. The van der Waals surface area contributed by atoms with E-state index < -0.39 is 10.0 Å². The lowest BCUT2D eigenvalue weighted by molar-refractivity contribution is 0.594. The van der Waals surface area contributed by atoms with Gasteiger partial charge in [-0.3, -0.25) is 5.41 Å². The van der Waals surface area contributed by atoms with Crippen molar-refractivity contribution in [3.63, 3.8) is 0 Å². The first-order valence-corrected chi connectivity index (χ1v) is 6.11. The van der Waals surface area contributed by atoms with Crippen LogP contribution in [-0.2, 0) is 10.0 Å². The Morgan fingerprint density at radius 2 is 2.13 bits per heavy atom. The molecule has 0 amide bonds. The van der Waals surface area contributed by atoms with E-state index in [1.54, 1.807) is 0 Å². The van der Waals surface area contributed by atoms with Crippen LogP contribution in [0.3, 0.4) is 0 Å². The summed E-state index contributed by atoms with van der Waals surface area (Å²) in [5.74, 6) is 0. The molecule has 0 saturated heterocycles. The van der Waals surface area contributed by atoms with Crippen molar-refractivity contribution in [2.45, 2.75) is 4.34 Å². The highest BCUT2D eigenvalue weighted by Gasteiger charge is 2.14. The van der Waals surface area contributed by atoms with E-state index in [2.05, 4.69) is 5.10 Å². The average Bonchev–Trinajstić information content (AvgIpc) is 2.46. The second kappa shape index (κ2) is 3.02. The number of sulfonamides is 1. The van der Waals surface area contributed by atoms with Gasteiger partial charge in [-0.25, -0.2) is 18.1 Å². The fourth-order valence-electron chi connectivity index (χ4n) is 1.07. The van der Waals surface area contributed by atoms with E-state index in [-0.39, 0.29) is 9.83 Å². The molecule has 0 saturated carbocycles. The van der Waals surface area contributed by atoms with Gasteiger partial charge >= 0.3 is 0 Å². The van der Waals surface area contributed by atoms with Crippen molar-refractivity contribution in [3.05, 3.63) is 17.6 Å². The first kappa shape index (κ1) is 10.1. The van der Waals surface area contributed by atoms with E-state index in [1.807, 2.05) is 0 Å². The van der Waals surface area contributed by atoms with Crippen LogP contribution in [0.4, 0.5) is 5.69 Å². The fourth-order valence-corrected chi connectivity index (χ4v) is 2.70. The second-order valence-electron chi connectivity index (χ2n) is 2.84. The summed E-state index contributed by atoms with van der Waals surface area (Å²) in [5.41, 5.74) is 5.90. The Kier molecular flexibility index (Phi) is 2.03. The molecule has 0 atom stereocenters. The molecular weight excluding hydrogens is 238 g/mol. The molecule has 0 radical (unpaired) electrons.